The predicted octanol–water partition coefficient (Wildman–Crippen LogP) is 2.56. The summed E-state index contributed by atoms with van der Waals surface area (Å²) >= 11 is 0. The molecule has 0 spiro atoms. The van der Waals surface area contributed by atoms with E-state index in [4.69, 9.17) is 4.74 Å². The van der Waals surface area contributed by atoms with E-state index in [9.17, 15) is 0 Å². The summed E-state index contributed by atoms with van der Waals surface area (Å²) in [6, 6.07) is 10.8. The third kappa shape index (κ3) is 5.81. The molecule has 108 valence electrons. The van der Waals surface area contributed by atoms with Crippen molar-refractivity contribution in [2.24, 2.45) is 0 Å². The highest BCUT2D eigenvalue weighted by atomic mass is 35.5. The van der Waals surface area contributed by atoms with E-state index in [1.165, 1.54) is 25.8 Å². The quantitative estimate of drug-likeness (QED) is 0.899. The molecule has 1 atom stereocenters. The first-order valence-electron chi connectivity index (χ1n) is 6.95. The highest BCUT2D eigenvalue weighted by Gasteiger charge is 2.16. The van der Waals surface area contributed by atoms with Gasteiger partial charge in [0.05, 0.1) is 0 Å². The molecule has 1 saturated heterocycles. The van der Waals surface area contributed by atoms with Crippen molar-refractivity contribution in [1.82, 2.24) is 10.2 Å². The van der Waals surface area contributed by atoms with Gasteiger partial charge in [0, 0.05) is 12.6 Å². The highest BCUT2D eigenvalue weighted by Crippen LogP contribution is 2.12. The average molecular weight is 285 g/mol. The van der Waals surface area contributed by atoms with Crippen LogP contribution >= 0.6 is 12.4 Å². The predicted molar refractivity (Wildman–Crippen MR) is 82.3 cm³/mol. The Balaban J connectivity index is 0.00000180. The number of ether oxygens (including phenoxy) is 1. The minimum atomic E-state index is 0. The third-order valence-corrected chi connectivity index (χ3v) is 3.62. The Morgan fingerprint density at radius 1 is 1.21 bits per heavy atom. The standard InChI is InChI=1S/C15H24N2O.ClH/c1-17(14-6-5-10-16-11-9-14)12-13-18-15-7-3-2-4-8-15;/h2-4,7-8,14,16H,5-6,9-13H2,1H3;1H. The second kappa shape index (κ2) is 9.18. The fourth-order valence-electron chi connectivity index (χ4n) is 2.45. The molecular formula is C15H25ClN2O. The number of rotatable bonds is 5. The van der Waals surface area contributed by atoms with Gasteiger partial charge in [-0.25, -0.2) is 0 Å². The fraction of sp³-hybridized carbons (Fsp3) is 0.600. The van der Waals surface area contributed by atoms with E-state index in [0.29, 0.717) is 6.04 Å². The number of benzene rings is 1. The molecule has 1 aliphatic heterocycles. The molecule has 0 radical (unpaired) electrons. The minimum absolute atomic E-state index is 0. The van der Waals surface area contributed by atoms with E-state index in [2.05, 4.69) is 17.3 Å². The Hall–Kier alpha value is -0.770. The number of hydrogen-bond acceptors (Lipinski definition) is 3. The SMILES string of the molecule is CN(CCOc1ccccc1)C1CCCNCC1.Cl. The van der Waals surface area contributed by atoms with Gasteiger partial charge in [0.1, 0.15) is 12.4 Å². The molecule has 1 aromatic rings. The van der Waals surface area contributed by atoms with Gasteiger partial charge in [0.15, 0.2) is 0 Å². The van der Waals surface area contributed by atoms with Crippen molar-refractivity contribution < 1.29 is 4.74 Å². The van der Waals surface area contributed by atoms with Crippen molar-refractivity contribution >= 4 is 12.4 Å². The van der Waals surface area contributed by atoms with Crippen LogP contribution in [0.3, 0.4) is 0 Å². The molecule has 1 unspecified atom stereocenters. The highest BCUT2D eigenvalue weighted by molar-refractivity contribution is 5.85. The third-order valence-electron chi connectivity index (χ3n) is 3.62. The van der Waals surface area contributed by atoms with Crippen LogP contribution in [0.25, 0.3) is 0 Å². The smallest absolute Gasteiger partial charge is 0.119 e. The Morgan fingerprint density at radius 2 is 2.00 bits per heavy atom. The molecular weight excluding hydrogens is 260 g/mol. The molecule has 1 fully saturated rings. The molecule has 0 aromatic heterocycles. The van der Waals surface area contributed by atoms with Crippen molar-refractivity contribution in [2.45, 2.75) is 25.3 Å². The number of para-hydroxylation sites is 1. The van der Waals surface area contributed by atoms with E-state index in [1.54, 1.807) is 0 Å². The number of hydrogen-bond donors (Lipinski definition) is 1. The summed E-state index contributed by atoms with van der Waals surface area (Å²) in [4.78, 5) is 2.44. The number of halogens is 1. The summed E-state index contributed by atoms with van der Waals surface area (Å²) in [6.07, 6.45) is 3.84. The first-order valence-corrected chi connectivity index (χ1v) is 6.95. The van der Waals surface area contributed by atoms with Gasteiger partial charge in [-0.1, -0.05) is 18.2 Å². The molecule has 4 heteroatoms. The van der Waals surface area contributed by atoms with Crippen LogP contribution in [0.4, 0.5) is 0 Å². The van der Waals surface area contributed by atoms with Crippen molar-refractivity contribution in [3.8, 4) is 5.75 Å². The molecule has 0 saturated carbocycles. The van der Waals surface area contributed by atoms with Crippen molar-refractivity contribution in [3.63, 3.8) is 0 Å². The molecule has 0 bridgehead atoms. The lowest BCUT2D eigenvalue weighted by Gasteiger charge is -2.26. The second-order valence-corrected chi connectivity index (χ2v) is 4.98. The van der Waals surface area contributed by atoms with Crippen molar-refractivity contribution in [1.29, 1.82) is 0 Å². The fourth-order valence-corrected chi connectivity index (χ4v) is 2.45. The van der Waals surface area contributed by atoms with Gasteiger partial charge in [0.2, 0.25) is 0 Å². The Morgan fingerprint density at radius 3 is 2.79 bits per heavy atom. The van der Waals surface area contributed by atoms with Crippen LogP contribution in [0.2, 0.25) is 0 Å². The van der Waals surface area contributed by atoms with Crippen LogP contribution in [0.5, 0.6) is 5.75 Å². The first kappa shape index (κ1) is 16.3. The lowest BCUT2D eigenvalue weighted by Crippen LogP contribution is -2.35. The maximum atomic E-state index is 5.74. The molecule has 19 heavy (non-hydrogen) atoms. The summed E-state index contributed by atoms with van der Waals surface area (Å²) in [7, 11) is 2.21. The van der Waals surface area contributed by atoms with Gasteiger partial charge in [-0.05, 0) is 51.5 Å². The zero-order chi connectivity index (χ0) is 12.6. The topological polar surface area (TPSA) is 24.5 Å². The average Bonchev–Trinajstić information content (AvgIpc) is 2.69. The lowest BCUT2D eigenvalue weighted by atomic mass is 10.1. The number of nitrogens with zero attached hydrogens (tertiary/aromatic N) is 1. The Bertz CT molecular complexity index is 326. The molecule has 1 aromatic carbocycles. The molecule has 3 nitrogen and oxygen atoms in total. The van der Waals surface area contributed by atoms with Crippen LogP contribution in [0.1, 0.15) is 19.3 Å². The maximum Gasteiger partial charge on any atom is 0.119 e. The normalized spacial score (nSPS) is 19.6. The van der Waals surface area contributed by atoms with Crippen LogP contribution in [-0.4, -0.2) is 44.2 Å². The molecule has 1 N–H and O–H groups in total. The van der Waals surface area contributed by atoms with Crippen molar-refractivity contribution in [3.05, 3.63) is 30.3 Å². The Kier molecular flexibility index (Phi) is 7.87. The van der Waals surface area contributed by atoms with Crippen LogP contribution in [0.15, 0.2) is 30.3 Å². The maximum absolute atomic E-state index is 5.74. The van der Waals surface area contributed by atoms with Gasteiger partial charge in [0.25, 0.3) is 0 Å². The summed E-state index contributed by atoms with van der Waals surface area (Å²) < 4.78 is 5.74. The van der Waals surface area contributed by atoms with E-state index >= 15 is 0 Å². The molecule has 1 heterocycles. The molecule has 1 aliphatic rings. The zero-order valence-corrected chi connectivity index (χ0v) is 12.5. The van der Waals surface area contributed by atoms with Crippen molar-refractivity contribution in [2.75, 3.05) is 33.3 Å². The summed E-state index contributed by atoms with van der Waals surface area (Å²) in [6.45, 7) is 4.09. The molecule has 0 aliphatic carbocycles. The largest absolute Gasteiger partial charge is 0.492 e. The zero-order valence-electron chi connectivity index (χ0n) is 11.7. The van der Waals surface area contributed by atoms with E-state index in [1.807, 2.05) is 30.3 Å². The monoisotopic (exact) mass is 284 g/mol. The van der Waals surface area contributed by atoms with Crippen LogP contribution in [0, 0.1) is 0 Å². The minimum Gasteiger partial charge on any atom is -0.492 e. The summed E-state index contributed by atoms with van der Waals surface area (Å²) in [5.74, 6) is 0.966. The summed E-state index contributed by atoms with van der Waals surface area (Å²) in [5, 5.41) is 3.46. The molecule has 2 rings (SSSR count). The molecule has 0 amide bonds. The van der Waals surface area contributed by atoms with E-state index in [0.717, 1.165) is 25.4 Å². The first-order chi connectivity index (χ1) is 8.86. The van der Waals surface area contributed by atoms with E-state index in [-0.39, 0.29) is 12.4 Å². The van der Waals surface area contributed by atoms with Crippen LogP contribution < -0.4 is 10.1 Å². The van der Waals surface area contributed by atoms with Gasteiger partial charge >= 0.3 is 0 Å². The van der Waals surface area contributed by atoms with Crippen LogP contribution in [-0.2, 0) is 0 Å². The Labute approximate surface area is 122 Å². The van der Waals surface area contributed by atoms with Gasteiger partial charge < -0.3 is 10.1 Å². The van der Waals surface area contributed by atoms with Gasteiger partial charge in [-0.3, -0.25) is 4.90 Å². The van der Waals surface area contributed by atoms with Gasteiger partial charge in [-0.2, -0.15) is 0 Å². The lowest BCUT2D eigenvalue weighted by molar-refractivity contribution is 0.180. The number of likely N-dealkylation sites (N-methyl/N-ethyl adjacent to an activating group) is 1. The summed E-state index contributed by atoms with van der Waals surface area (Å²) in [5.41, 5.74) is 0. The number of nitrogens with one attached hydrogen (secondary N) is 1. The van der Waals surface area contributed by atoms with Gasteiger partial charge in [-0.15, -0.1) is 12.4 Å². The van der Waals surface area contributed by atoms with E-state index < -0.39 is 0 Å². The second-order valence-electron chi connectivity index (χ2n) is 4.98.